The molecule has 3 aromatic rings. The van der Waals surface area contributed by atoms with Crippen molar-refractivity contribution in [3.8, 4) is 17.2 Å². The molecular weight excluding hydrogens is 506 g/mol. The standard InChI is InChI=1S/C20H24O2.C10H12O.C7H15N/c1-3-5-10-16-13-14-18(15-19(16)20(21)9-4-2)22-17-11-7-6-8-12-17;1-8(2)9-6-4-5-7-10(9)11-3;1-2-7-4-3-5-8-6-7/h6-8,11-15H,3-5,9-10H2,1-2H3;4-7H,1H2,2-3H3;7-8H,2-6H2,1H3. The number of ketones is 1. The van der Waals surface area contributed by atoms with Crippen LogP contribution in [-0.4, -0.2) is 26.0 Å². The molecular formula is C37H51NO3. The second kappa shape index (κ2) is 19.7. The largest absolute Gasteiger partial charge is 0.496 e. The molecule has 3 aromatic carbocycles. The van der Waals surface area contributed by atoms with Gasteiger partial charge in [0, 0.05) is 17.5 Å². The molecule has 4 heteroatoms. The van der Waals surface area contributed by atoms with E-state index in [1.54, 1.807) is 7.11 Å². The highest BCUT2D eigenvalue weighted by Gasteiger charge is 2.12. The molecule has 1 fully saturated rings. The average molecular weight is 558 g/mol. The molecule has 0 spiro atoms. The number of aryl methyl sites for hydroxylation is 1. The van der Waals surface area contributed by atoms with Gasteiger partial charge in [0.1, 0.15) is 17.2 Å². The van der Waals surface area contributed by atoms with Crippen molar-refractivity contribution in [3.05, 3.63) is 96.1 Å². The third-order valence-electron chi connectivity index (χ3n) is 7.18. The quantitative estimate of drug-likeness (QED) is 0.238. The Labute approximate surface area is 249 Å². The van der Waals surface area contributed by atoms with Crippen molar-refractivity contribution in [2.45, 2.75) is 79.1 Å². The maximum Gasteiger partial charge on any atom is 0.163 e. The fourth-order valence-electron chi connectivity index (χ4n) is 4.72. The highest BCUT2D eigenvalue weighted by Crippen LogP contribution is 2.26. The number of hydrogen-bond donors (Lipinski definition) is 1. The number of carbonyl (C=O) groups is 1. The molecule has 222 valence electrons. The second-order valence-corrected chi connectivity index (χ2v) is 10.6. The van der Waals surface area contributed by atoms with Crippen LogP contribution in [0.1, 0.15) is 94.1 Å². The molecule has 41 heavy (non-hydrogen) atoms. The van der Waals surface area contributed by atoms with E-state index in [0.29, 0.717) is 6.42 Å². The molecule has 1 saturated heterocycles. The summed E-state index contributed by atoms with van der Waals surface area (Å²) in [6, 6.07) is 23.4. The van der Waals surface area contributed by atoms with Gasteiger partial charge in [-0.1, -0.05) is 82.7 Å². The van der Waals surface area contributed by atoms with Gasteiger partial charge < -0.3 is 14.8 Å². The highest BCUT2D eigenvalue weighted by molar-refractivity contribution is 5.97. The lowest BCUT2D eigenvalue weighted by atomic mass is 9.96. The van der Waals surface area contributed by atoms with Gasteiger partial charge in [-0.25, -0.2) is 0 Å². The number of para-hydroxylation sites is 2. The van der Waals surface area contributed by atoms with E-state index >= 15 is 0 Å². The maximum absolute atomic E-state index is 12.4. The van der Waals surface area contributed by atoms with Gasteiger partial charge in [-0.3, -0.25) is 4.79 Å². The fraction of sp³-hybridized carbons (Fsp3) is 0.432. The second-order valence-electron chi connectivity index (χ2n) is 10.6. The normalized spacial score (nSPS) is 14.0. The molecule has 1 heterocycles. The minimum atomic E-state index is 0.215. The first-order valence-electron chi connectivity index (χ1n) is 15.3. The summed E-state index contributed by atoms with van der Waals surface area (Å²) in [5.74, 6) is 3.60. The van der Waals surface area contributed by atoms with E-state index in [2.05, 4.69) is 25.7 Å². The molecule has 1 aliphatic heterocycles. The smallest absolute Gasteiger partial charge is 0.163 e. The zero-order valence-corrected chi connectivity index (χ0v) is 26.0. The zero-order valence-electron chi connectivity index (χ0n) is 26.0. The van der Waals surface area contributed by atoms with Gasteiger partial charge in [-0.15, -0.1) is 0 Å². The van der Waals surface area contributed by atoms with Gasteiger partial charge >= 0.3 is 0 Å². The van der Waals surface area contributed by atoms with E-state index in [1.807, 2.05) is 86.6 Å². The predicted molar refractivity (Wildman–Crippen MR) is 174 cm³/mol. The lowest BCUT2D eigenvalue weighted by Gasteiger charge is -2.20. The molecule has 0 amide bonds. The van der Waals surface area contributed by atoms with Crippen LogP contribution in [0, 0.1) is 5.92 Å². The number of nitrogens with one attached hydrogen (secondary N) is 1. The molecule has 1 unspecified atom stereocenters. The van der Waals surface area contributed by atoms with Crippen molar-refractivity contribution in [1.82, 2.24) is 5.32 Å². The van der Waals surface area contributed by atoms with E-state index in [0.717, 1.165) is 71.1 Å². The monoisotopic (exact) mass is 557 g/mol. The SMILES string of the molecule is C=C(C)c1ccccc1OC.CCC1CCCNC1.CCCCc1ccc(Oc2ccccc2)cc1C(=O)CCC. The number of allylic oxidation sites excluding steroid dienone is 1. The van der Waals surface area contributed by atoms with Gasteiger partial charge in [0.05, 0.1) is 7.11 Å². The van der Waals surface area contributed by atoms with Gasteiger partial charge in [-0.2, -0.15) is 0 Å². The minimum absolute atomic E-state index is 0.215. The van der Waals surface area contributed by atoms with Crippen molar-refractivity contribution >= 4 is 11.4 Å². The number of ether oxygens (including phenoxy) is 2. The van der Waals surface area contributed by atoms with E-state index in [1.165, 1.54) is 32.4 Å². The van der Waals surface area contributed by atoms with E-state index in [9.17, 15) is 4.79 Å². The summed E-state index contributed by atoms with van der Waals surface area (Å²) in [4.78, 5) is 12.4. The van der Waals surface area contributed by atoms with Crippen molar-refractivity contribution in [1.29, 1.82) is 0 Å². The van der Waals surface area contributed by atoms with Crippen molar-refractivity contribution in [3.63, 3.8) is 0 Å². The van der Waals surface area contributed by atoms with Crippen LogP contribution >= 0.6 is 0 Å². The molecule has 0 saturated carbocycles. The third-order valence-corrected chi connectivity index (χ3v) is 7.18. The first-order chi connectivity index (χ1) is 19.9. The predicted octanol–water partition coefficient (Wildman–Crippen LogP) is 9.93. The van der Waals surface area contributed by atoms with Crippen LogP contribution in [0.4, 0.5) is 0 Å². The van der Waals surface area contributed by atoms with E-state index < -0.39 is 0 Å². The van der Waals surface area contributed by atoms with Gasteiger partial charge in [-0.05, 0) is 99.5 Å². The van der Waals surface area contributed by atoms with E-state index in [4.69, 9.17) is 9.47 Å². The Kier molecular flexibility index (Phi) is 16.2. The summed E-state index contributed by atoms with van der Waals surface area (Å²) in [5.41, 5.74) is 4.07. The first-order valence-corrected chi connectivity index (χ1v) is 15.3. The number of unbranched alkanes of at least 4 members (excludes halogenated alkanes) is 1. The molecule has 4 rings (SSSR count). The molecule has 4 nitrogen and oxygen atoms in total. The Morgan fingerprint density at radius 3 is 2.22 bits per heavy atom. The van der Waals surface area contributed by atoms with Crippen LogP contribution in [0.25, 0.3) is 5.57 Å². The Morgan fingerprint density at radius 2 is 1.66 bits per heavy atom. The number of carbonyl (C=O) groups excluding carboxylic acids is 1. The van der Waals surface area contributed by atoms with Crippen LogP contribution in [0.2, 0.25) is 0 Å². The molecule has 0 bridgehead atoms. The zero-order chi connectivity index (χ0) is 29.9. The van der Waals surface area contributed by atoms with Crippen LogP contribution in [0.5, 0.6) is 17.2 Å². The van der Waals surface area contributed by atoms with Crippen molar-refractivity contribution < 1.29 is 14.3 Å². The molecule has 1 N–H and O–H groups in total. The van der Waals surface area contributed by atoms with Gasteiger partial charge in [0.2, 0.25) is 0 Å². The number of benzene rings is 3. The number of piperidine rings is 1. The maximum atomic E-state index is 12.4. The fourth-order valence-corrected chi connectivity index (χ4v) is 4.72. The Bertz CT molecular complexity index is 1170. The topological polar surface area (TPSA) is 47.6 Å². The van der Waals surface area contributed by atoms with E-state index in [-0.39, 0.29) is 5.78 Å². The first kappa shape index (κ1) is 33.8. The molecule has 0 aliphatic carbocycles. The molecule has 1 aliphatic rings. The van der Waals surface area contributed by atoms with Crippen LogP contribution in [0.15, 0.2) is 79.4 Å². The number of rotatable bonds is 11. The Hall–Kier alpha value is -3.37. The molecule has 0 radical (unpaired) electrons. The molecule has 1 atom stereocenters. The third kappa shape index (κ3) is 12.4. The van der Waals surface area contributed by atoms with Crippen LogP contribution in [0.3, 0.4) is 0 Å². The molecule has 0 aromatic heterocycles. The summed E-state index contributed by atoms with van der Waals surface area (Å²) >= 11 is 0. The van der Waals surface area contributed by atoms with Gasteiger partial charge in [0.25, 0.3) is 0 Å². The van der Waals surface area contributed by atoms with Crippen LogP contribution < -0.4 is 14.8 Å². The lowest BCUT2D eigenvalue weighted by molar-refractivity contribution is 0.0980. The highest BCUT2D eigenvalue weighted by atomic mass is 16.5. The summed E-state index contributed by atoms with van der Waals surface area (Å²) in [6.07, 6.45) is 8.83. The Balaban J connectivity index is 0.000000255. The summed E-state index contributed by atoms with van der Waals surface area (Å²) in [5, 5.41) is 3.39. The average Bonchev–Trinajstić information content (AvgIpc) is 3.02. The summed E-state index contributed by atoms with van der Waals surface area (Å²) < 4.78 is 11.0. The summed E-state index contributed by atoms with van der Waals surface area (Å²) in [7, 11) is 1.67. The van der Waals surface area contributed by atoms with Crippen molar-refractivity contribution in [2.24, 2.45) is 5.92 Å². The number of hydrogen-bond acceptors (Lipinski definition) is 4. The van der Waals surface area contributed by atoms with Gasteiger partial charge in [0.15, 0.2) is 5.78 Å². The van der Waals surface area contributed by atoms with Crippen LogP contribution in [-0.2, 0) is 6.42 Å². The number of methoxy groups -OCH3 is 1. The summed E-state index contributed by atoms with van der Waals surface area (Å²) in [6.45, 7) is 14.8. The Morgan fingerprint density at radius 1 is 0.927 bits per heavy atom. The minimum Gasteiger partial charge on any atom is -0.496 e. The lowest BCUT2D eigenvalue weighted by Crippen LogP contribution is -2.29. The van der Waals surface area contributed by atoms with Crippen molar-refractivity contribution in [2.75, 3.05) is 20.2 Å². The number of Topliss-reactive ketones (excluding diaryl/α,β-unsaturated/α-hetero) is 1.